The molecule has 0 N–H and O–H groups in total. The highest BCUT2D eigenvalue weighted by molar-refractivity contribution is 9.10. The van der Waals surface area contributed by atoms with Gasteiger partial charge in [0.25, 0.3) is 0 Å². The summed E-state index contributed by atoms with van der Waals surface area (Å²) in [5.74, 6) is 0.780. The van der Waals surface area contributed by atoms with E-state index in [1.165, 1.54) is 5.56 Å². The fraction of sp³-hybridized carbons (Fsp3) is 0.0870. The van der Waals surface area contributed by atoms with Crippen LogP contribution in [0.5, 0.6) is 5.75 Å². The van der Waals surface area contributed by atoms with Crippen LogP contribution in [0, 0.1) is 18.3 Å². The number of ether oxygens (including phenoxy) is 1. The predicted molar refractivity (Wildman–Crippen MR) is 110 cm³/mol. The SMILES string of the molecule is Cc1ccc(/C(C#N)=C/c2cccc(OCc3ccc(Br)cc3)c2)cc1. The summed E-state index contributed by atoms with van der Waals surface area (Å²) < 4.78 is 6.93. The quantitative estimate of drug-likeness (QED) is 0.364. The van der Waals surface area contributed by atoms with Crippen molar-refractivity contribution in [1.29, 1.82) is 5.26 Å². The van der Waals surface area contributed by atoms with Crippen molar-refractivity contribution in [2.75, 3.05) is 0 Å². The van der Waals surface area contributed by atoms with Crippen LogP contribution >= 0.6 is 15.9 Å². The zero-order valence-electron chi connectivity index (χ0n) is 14.4. The number of nitriles is 1. The number of halogens is 1. The van der Waals surface area contributed by atoms with Crippen LogP contribution in [0.4, 0.5) is 0 Å². The smallest absolute Gasteiger partial charge is 0.120 e. The molecule has 0 spiro atoms. The van der Waals surface area contributed by atoms with Crippen LogP contribution in [0.25, 0.3) is 11.6 Å². The van der Waals surface area contributed by atoms with Gasteiger partial charge < -0.3 is 4.74 Å². The molecule has 0 heterocycles. The molecule has 2 nitrogen and oxygen atoms in total. The van der Waals surface area contributed by atoms with Gasteiger partial charge in [0.2, 0.25) is 0 Å². The summed E-state index contributed by atoms with van der Waals surface area (Å²) in [5, 5.41) is 9.50. The summed E-state index contributed by atoms with van der Waals surface area (Å²) >= 11 is 3.43. The number of hydrogen-bond donors (Lipinski definition) is 0. The van der Waals surface area contributed by atoms with E-state index in [2.05, 4.69) is 22.0 Å². The van der Waals surface area contributed by atoms with E-state index >= 15 is 0 Å². The average Bonchev–Trinajstić information content (AvgIpc) is 2.67. The molecule has 0 aromatic heterocycles. The van der Waals surface area contributed by atoms with Crippen molar-refractivity contribution in [2.24, 2.45) is 0 Å². The van der Waals surface area contributed by atoms with Gasteiger partial charge in [-0.15, -0.1) is 0 Å². The number of benzene rings is 3. The molecule has 0 bridgehead atoms. The maximum atomic E-state index is 9.50. The third-order valence-corrected chi connectivity index (χ3v) is 4.50. The van der Waals surface area contributed by atoms with Crippen molar-refractivity contribution in [3.05, 3.63) is 99.5 Å². The molecule has 0 saturated heterocycles. The van der Waals surface area contributed by atoms with Crippen molar-refractivity contribution in [3.8, 4) is 11.8 Å². The molecule has 3 rings (SSSR count). The second kappa shape index (κ2) is 8.51. The molecule has 0 aliphatic carbocycles. The topological polar surface area (TPSA) is 33.0 Å². The molecule has 3 heteroatoms. The van der Waals surface area contributed by atoms with Gasteiger partial charge in [0.1, 0.15) is 12.4 Å². The van der Waals surface area contributed by atoms with Crippen LogP contribution in [0.3, 0.4) is 0 Å². The zero-order valence-corrected chi connectivity index (χ0v) is 16.0. The van der Waals surface area contributed by atoms with Crippen molar-refractivity contribution >= 4 is 27.6 Å². The molecule has 3 aromatic rings. The molecule has 3 aromatic carbocycles. The molecule has 0 fully saturated rings. The highest BCUT2D eigenvalue weighted by Crippen LogP contribution is 2.22. The standard InChI is InChI=1S/C23H18BrNO/c1-17-5-9-20(10-6-17)21(15-25)13-19-3-2-4-23(14-19)26-16-18-7-11-22(24)12-8-18/h2-14H,16H2,1H3/b21-13+. The highest BCUT2D eigenvalue weighted by Gasteiger charge is 2.02. The summed E-state index contributed by atoms with van der Waals surface area (Å²) in [6.07, 6.45) is 1.89. The Morgan fingerprint density at radius 3 is 2.46 bits per heavy atom. The van der Waals surface area contributed by atoms with E-state index in [1.807, 2.05) is 85.8 Å². The predicted octanol–water partition coefficient (Wildman–Crippen LogP) is 6.40. The van der Waals surface area contributed by atoms with Gasteiger partial charge in [0.05, 0.1) is 11.6 Å². The normalized spacial score (nSPS) is 11.0. The third-order valence-electron chi connectivity index (χ3n) is 3.97. The minimum absolute atomic E-state index is 0.503. The first kappa shape index (κ1) is 18.0. The fourth-order valence-electron chi connectivity index (χ4n) is 2.52. The number of allylic oxidation sites excluding steroid dienone is 1. The zero-order chi connectivity index (χ0) is 18.4. The van der Waals surface area contributed by atoms with Crippen molar-refractivity contribution in [1.82, 2.24) is 0 Å². The second-order valence-corrected chi connectivity index (χ2v) is 6.94. The lowest BCUT2D eigenvalue weighted by Gasteiger charge is -2.07. The Morgan fingerprint density at radius 2 is 1.77 bits per heavy atom. The van der Waals surface area contributed by atoms with Crippen molar-refractivity contribution in [2.45, 2.75) is 13.5 Å². The van der Waals surface area contributed by atoms with Crippen molar-refractivity contribution in [3.63, 3.8) is 0 Å². The number of hydrogen-bond acceptors (Lipinski definition) is 2. The number of rotatable bonds is 5. The van der Waals surface area contributed by atoms with E-state index in [0.29, 0.717) is 12.2 Å². The van der Waals surface area contributed by atoms with E-state index in [1.54, 1.807) is 0 Å². The molecule has 0 unspecified atom stereocenters. The molecular weight excluding hydrogens is 386 g/mol. The monoisotopic (exact) mass is 403 g/mol. The van der Waals surface area contributed by atoms with E-state index in [9.17, 15) is 5.26 Å². The summed E-state index contributed by atoms with van der Waals surface area (Å²) in [4.78, 5) is 0. The van der Waals surface area contributed by atoms with Gasteiger partial charge >= 0.3 is 0 Å². The van der Waals surface area contributed by atoms with Gasteiger partial charge in [0.15, 0.2) is 0 Å². The summed E-state index contributed by atoms with van der Waals surface area (Å²) in [5.41, 5.74) is 4.77. The van der Waals surface area contributed by atoms with E-state index in [0.717, 1.165) is 26.9 Å². The van der Waals surface area contributed by atoms with Crippen LogP contribution < -0.4 is 4.74 Å². The van der Waals surface area contributed by atoms with Gasteiger partial charge in [-0.2, -0.15) is 5.26 Å². The van der Waals surface area contributed by atoms with Crippen LogP contribution in [0.2, 0.25) is 0 Å². The minimum atomic E-state index is 0.503. The molecule has 128 valence electrons. The second-order valence-electron chi connectivity index (χ2n) is 6.02. The van der Waals surface area contributed by atoms with Crippen LogP contribution in [-0.4, -0.2) is 0 Å². The third kappa shape index (κ3) is 4.84. The lowest BCUT2D eigenvalue weighted by atomic mass is 10.0. The highest BCUT2D eigenvalue weighted by atomic mass is 79.9. The van der Waals surface area contributed by atoms with Gasteiger partial charge in [-0.1, -0.05) is 70.0 Å². The first-order valence-electron chi connectivity index (χ1n) is 8.30. The maximum Gasteiger partial charge on any atom is 0.120 e. The van der Waals surface area contributed by atoms with Crippen molar-refractivity contribution < 1.29 is 4.74 Å². The van der Waals surface area contributed by atoms with E-state index in [4.69, 9.17) is 4.74 Å². The Labute approximate surface area is 162 Å². The lowest BCUT2D eigenvalue weighted by molar-refractivity contribution is 0.306. The Hall–Kier alpha value is -2.83. The summed E-state index contributed by atoms with van der Waals surface area (Å²) in [6, 6.07) is 26.1. The molecule has 0 aliphatic heterocycles. The number of aryl methyl sites for hydroxylation is 1. The molecule has 26 heavy (non-hydrogen) atoms. The van der Waals surface area contributed by atoms with Gasteiger partial charge in [-0.05, 0) is 54.0 Å². The van der Waals surface area contributed by atoms with Crippen LogP contribution in [0.15, 0.2) is 77.3 Å². The maximum absolute atomic E-state index is 9.50. The van der Waals surface area contributed by atoms with Gasteiger partial charge in [0, 0.05) is 4.47 Å². The molecule has 0 amide bonds. The molecule has 0 aliphatic rings. The van der Waals surface area contributed by atoms with E-state index < -0.39 is 0 Å². The largest absolute Gasteiger partial charge is 0.489 e. The van der Waals surface area contributed by atoms with Crippen LogP contribution in [0.1, 0.15) is 22.3 Å². The van der Waals surface area contributed by atoms with E-state index in [-0.39, 0.29) is 0 Å². The molecular formula is C23H18BrNO. The minimum Gasteiger partial charge on any atom is -0.489 e. The summed E-state index contributed by atoms with van der Waals surface area (Å²) in [6.45, 7) is 2.54. The lowest BCUT2D eigenvalue weighted by Crippen LogP contribution is -1.95. The summed E-state index contributed by atoms with van der Waals surface area (Å²) in [7, 11) is 0. The molecule has 0 saturated carbocycles. The van der Waals surface area contributed by atoms with Gasteiger partial charge in [-0.25, -0.2) is 0 Å². The number of nitrogens with zero attached hydrogens (tertiary/aromatic N) is 1. The first-order valence-corrected chi connectivity index (χ1v) is 9.09. The first-order chi connectivity index (χ1) is 12.6. The van der Waals surface area contributed by atoms with Crippen LogP contribution in [-0.2, 0) is 6.61 Å². The Balaban J connectivity index is 1.76. The Morgan fingerprint density at radius 1 is 1.04 bits per heavy atom. The molecule has 0 radical (unpaired) electrons. The van der Waals surface area contributed by atoms with Gasteiger partial charge in [-0.3, -0.25) is 0 Å². The average molecular weight is 404 g/mol. The fourth-order valence-corrected chi connectivity index (χ4v) is 2.79. The Kier molecular flexibility index (Phi) is 5.88. The Bertz CT molecular complexity index is 951. The molecule has 0 atom stereocenters.